The normalized spacial score (nSPS) is 24.1. The third-order valence-electron chi connectivity index (χ3n) is 5.91. The van der Waals surface area contributed by atoms with Gasteiger partial charge in [-0.05, 0) is 49.1 Å². The number of benzene rings is 2. The van der Waals surface area contributed by atoms with Gasteiger partial charge in [-0.25, -0.2) is 0 Å². The standard InChI is InChI=1S/C24H27NO4/c1-17-11-19-15-29-23(27)24(19,12-17)13-18-7-9-20(10-8-18)25-14-21(26)16-28-22-5-3-2-4-6-22/h2-10,19,21,25-26H,1,11-16H2. The molecule has 2 N–H and O–H groups in total. The Balaban J connectivity index is 1.29. The number of ether oxygens (including phenoxy) is 2. The van der Waals surface area contributed by atoms with Crippen LogP contribution in [0.5, 0.6) is 5.75 Å². The van der Waals surface area contributed by atoms with E-state index in [1.54, 1.807) is 0 Å². The van der Waals surface area contributed by atoms with Gasteiger partial charge in [-0.3, -0.25) is 4.79 Å². The Kier molecular flexibility index (Phi) is 5.58. The molecule has 3 unspecified atom stereocenters. The Morgan fingerprint density at radius 3 is 2.72 bits per heavy atom. The van der Waals surface area contributed by atoms with Crippen molar-refractivity contribution in [1.82, 2.24) is 0 Å². The van der Waals surface area contributed by atoms with Gasteiger partial charge in [-0.1, -0.05) is 42.5 Å². The van der Waals surface area contributed by atoms with Crippen LogP contribution in [0.1, 0.15) is 18.4 Å². The quantitative estimate of drug-likeness (QED) is 0.530. The first-order chi connectivity index (χ1) is 14.0. The molecule has 1 heterocycles. The largest absolute Gasteiger partial charge is 0.491 e. The lowest BCUT2D eigenvalue weighted by atomic mass is 9.75. The van der Waals surface area contributed by atoms with Gasteiger partial charge in [0.25, 0.3) is 0 Å². The number of hydrogen-bond acceptors (Lipinski definition) is 5. The minimum absolute atomic E-state index is 0.0788. The molecule has 0 amide bonds. The van der Waals surface area contributed by atoms with Crippen LogP contribution in [0.25, 0.3) is 0 Å². The second-order valence-electron chi connectivity index (χ2n) is 8.11. The van der Waals surface area contributed by atoms with Crippen molar-refractivity contribution in [3.8, 4) is 5.75 Å². The summed E-state index contributed by atoms with van der Waals surface area (Å²) in [6.45, 7) is 5.23. The predicted molar refractivity (Wildman–Crippen MR) is 112 cm³/mol. The highest BCUT2D eigenvalue weighted by atomic mass is 16.5. The van der Waals surface area contributed by atoms with E-state index in [-0.39, 0.29) is 18.5 Å². The Bertz CT molecular complexity index is 864. The zero-order chi connectivity index (χ0) is 20.3. The third kappa shape index (κ3) is 4.30. The maximum Gasteiger partial charge on any atom is 0.313 e. The maximum absolute atomic E-state index is 12.4. The molecule has 2 fully saturated rings. The summed E-state index contributed by atoms with van der Waals surface area (Å²) >= 11 is 0. The van der Waals surface area contributed by atoms with Crippen LogP contribution in [0, 0.1) is 11.3 Å². The molecule has 5 heteroatoms. The molecule has 152 valence electrons. The SMILES string of the molecule is C=C1CC2COC(=O)C2(Cc2ccc(NCC(O)COc3ccccc3)cc2)C1. The topological polar surface area (TPSA) is 67.8 Å². The zero-order valence-electron chi connectivity index (χ0n) is 16.5. The van der Waals surface area contributed by atoms with Crippen LogP contribution < -0.4 is 10.1 Å². The number of allylic oxidation sites excluding steroid dienone is 1. The minimum Gasteiger partial charge on any atom is -0.491 e. The van der Waals surface area contributed by atoms with E-state index in [0.717, 1.165) is 35.4 Å². The van der Waals surface area contributed by atoms with Gasteiger partial charge in [0.15, 0.2) is 0 Å². The second-order valence-corrected chi connectivity index (χ2v) is 8.11. The number of aliphatic hydroxyl groups is 1. The van der Waals surface area contributed by atoms with Crippen LogP contribution in [0.15, 0.2) is 66.7 Å². The fourth-order valence-corrected chi connectivity index (χ4v) is 4.37. The highest BCUT2D eigenvalue weighted by molar-refractivity contribution is 5.81. The van der Waals surface area contributed by atoms with Gasteiger partial charge in [0.2, 0.25) is 0 Å². The lowest BCUT2D eigenvalue weighted by Crippen LogP contribution is -2.31. The van der Waals surface area contributed by atoms with E-state index in [9.17, 15) is 9.90 Å². The third-order valence-corrected chi connectivity index (χ3v) is 5.91. The molecular formula is C24H27NO4. The van der Waals surface area contributed by atoms with E-state index in [1.165, 1.54) is 0 Å². The molecule has 5 nitrogen and oxygen atoms in total. The number of anilines is 1. The monoisotopic (exact) mass is 393 g/mol. The van der Waals surface area contributed by atoms with Crippen LogP contribution in [-0.4, -0.2) is 36.9 Å². The van der Waals surface area contributed by atoms with Gasteiger partial charge >= 0.3 is 5.97 Å². The average molecular weight is 393 g/mol. The number of aliphatic hydroxyl groups excluding tert-OH is 1. The molecule has 1 aliphatic heterocycles. The first-order valence-electron chi connectivity index (χ1n) is 10.1. The molecule has 2 aromatic carbocycles. The summed E-state index contributed by atoms with van der Waals surface area (Å²) in [4.78, 5) is 12.4. The van der Waals surface area contributed by atoms with E-state index < -0.39 is 11.5 Å². The van der Waals surface area contributed by atoms with Crippen molar-refractivity contribution in [2.45, 2.75) is 25.4 Å². The van der Waals surface area contributed by atoms with Crippen molar-refractivity contribution < 1.29 is 19.4 Å². The molecule has 4 rings (SSSR count). The summed E-state index contributed by atoms with van der Waals surface area (Å²) in [6.07, 6.45) is 1.68. The molecule has 2 aromatic rings. The van der Waals surface area contributed by atoms with Gasteiger partial charge in [0, 0.05) is 18.2 Å². The molecule has 0 radical (unpaired) electrons. The molecule has 1 saturated heterocycles. The molecule has 1 aliphatic carbocycles. The van der Waals surface area contributed by atoms with Gasteiger partial charge < -0.3 is 19.9 Å². The van der Waals surface area contributed by atoms with E-state index in [0.29, 0.717) is 19.6 Å². The summed E-state index contributed by atoms with van der Waals surface area (Å²) in [5.74, 6) is 0.915. The summed E-state index contributed by atoms with van der Waals surface area (Å²) in [5, 5.41) is 13.4. The number of esters is 1. The molecule has 2 aliphatic rings. The fraction of sp³-hybridized carbons (Fsp3) is 0.375. The van der Waals surface area contributed by atoms with E-state index in [2.05, 4.69) is 11.9 Å². The predicted octanol–water partition coefficient (Wildman–Crippen LogP) is 3.59. The van der Waals surface area contributed by atoms with Crippen LogP contribution in [-0.2, 0) is 16.0 Å². The van der Waals surface area contributed by atoms with E-state index in [4.69, 9.17) is 9.47 Å². The van der Waals surface area contributed by atoms with Gasteiger partial charge in [0.1, 0.15) is 18.5 Å². The van der Waals surface area contributed by atoms with Crippen LogP contribution in [0.4, 0.5) is 5.69 Å². The van der Waals surface area contributed by atoms with Crippen molar-refractivity contribution >= 4 is 11.7 Å². The van der Waals surface area contributed by atoms with Crippen molar-refractivity contribution in [1.29, 1.82) is 0 Å². The van der Waals surface area contributed by atoms with Crippen molar-refractivity contribution in [3.63, 3.8) is 0 Å². The molecule has 0 spiro atoms. The number of carbonyl (C=O) groups is 1. The smallest absolute Gasteiger partial charge is 0.313 e. The Morgan fingerprint density at radius 1 is 1.21 bits per heavy atom. The second kappa shape index (κ2) is 8.29. The van der Waals surface area contributed by atoms with Crippen molar-refractivity contribution in [3.05, 3.63) is 72.3 Å². The highest BCUT2D eigenvalue weighted by Gasteiger charge is 2.55. The Morgan fingerprint density at radius 2 is 1.97 bits per heavy atom. The summed E-state index contributed by atoms with van der Waals surface area (Å²) in [6, 6.07) is 17.5. The molecular weight excluding hydrogens is 366 g/mol. The first kappa shape index (κ1) is 19.5. The molecule has 3 atom stereocenters. The summed E-state index contributed by atoms with van der Waals surface area (Å²) in [7, 11) is 0. The Hall–Kier alpha value is -2.79. The van der Waals surface area contributed by atoms with Crippen molar-refractivity contribution in [2.75, 3.05) is 25.1 Å². The zero-order valence-corrected chi connectivity index (χ0v) is 16.5. The maximum atomic E-state index is 12.4. The van der Waals surface area contributed by atoms with Crippen LogP contribution in [0.2, 0.25) is 0 Å². The summed E-state index contributed by atoms with van der Waals surface area (Å²) < 4.78 is 10.9. The minimum atomic E-state index is -0.618. The number of carbonyl (C=O) groups excluding carboxylic acids is 1. The molecule has 0 bridgehead atoms. The van der Waals surface area contributed by atoms with Crippen LogP contribution in [0.3, 0.4) is 0 Å². The lowest BCUT2D eigenvalue weighted by Gasteiger charge is -2.24. The highest BCUT2D eigenvalue weighted by Crippen LogP contribution is 2.52. The fourth-order valence-electron chi connectivity index (χ4n) is 4.37. The van der Waals surface area contributed by atoms with Crippen molar-refractivity contribution in [2.24, 2.45) is 11.3 Å². The number of nitrogens with one attached hydrogen (secondary N) is 1. The number of fused-ring (bicyclic) bond motifs is 1. The average Bonchev–Trinajstić information content (AvgIpc) is 3.20. The van der Waals surface area contributed by atoms with Gasteiger partial charge in [-0.15, -0.1) is 0 Å². The van der Waals surface area contributed by atoms with E-state index >= 15 is 0 Å². The first-order valence-corrected chi connectivity index (χ1v) is 10.1. The number of hydrogen-bond donors (Lipinski definition) is 2. The number of para-hydroxylation sites is 1. The molecule has 29 heavy (non-hydrogen) atoms. The molecule has 0 aromatic heterocycles. The molecule has 1 saturated carbocycles. The number of cyclic esters (lactones) is 1. The number of rotatable bonds is 8. The van der Waals surface area contributed by atoms with Crippen LogP contribution >= 0.6 is 0 Å². The van der Waals surface area contributed by atoms with Gasteiger partial charge in [0.05, 0.1) is 12.0 Å². The van der Waals surface area contributed by atoms with Gasteiger partial charge in [-0.2, -0.15) is 0 Å². The Labute approximate surface area is 171 Å². The van der Waals surface area contributed by atoms with E-state index in [1.807, 2.05) is 54.6 Å². The lowest BCUT2D eigenvalue weighted by molar-refractivity contribution is -0.146. The summed E-state index contributed by atoms with van der Waals surface area (Å²) in [5.41, 5.74) is 2.75.